The SMILES string of the molecule is COc1cc(OC)nc(SC(C)C)n1. The Hall–Kier alpha value is -0.970. The molecule has 78 valence electrons. The molecule has 0 spiro atoms. The van der Waals surface area contributed by atoms with E-state index in [4.69, 9.17) is 9.47 Å². The molecule has 0 saturated heterocycles. The Balaban J connectivity index is 2.92. The molecule has 0 bridgehead atoms. The zero-order chi connectivity index (χ0) is 10.6. The maximum atomic E-state index is 5.03. The second kappa shape index (κ2) is 5.05. The molecule has 0 N–H and O–H groups in total. The van der Waals surface area contributed by atoms with Crippen LogP contribution in [0, 0.1) is 0 Å². The molecule has 1 aromatic heterocycles. The first kappa shape index (κ1) is 11.1. The summed E-state index contributed by atoms with van der Waals surface area (Å²) in [5, 5.41) is 1.11. The average molecular weight is 214 g/mol. The minimum absolute atomic E-state index is 0.437. The van der Waals surface area contributed by atoms with Gasteiger partial charge in [-0.1, -0.05) is 25.6 Å². The number of nitrogens with zero attached hydrogens (tertiary/aromatic N) is 2. The van der Waals surface area contributed by atoms with Crippen LogP contribution in [0.2, 0.25) is 0 Å². The number of hydrogen-bond donors (Lipinski definition) is 0. The maximum absolute atomic E-state index is 5.03. The molecule has 1 heterocycles. The molecular weight excluding hydrogens is 200 g/mol. The van der Waals surface area contributed by atoms with Gasteiger partial charge in [0.15, 0.2) is 5.16 Å². The highest BCUT2D eigenvalue weighted by Crippen LogP contribution is 2.24. The second-order valence-corrected chi connectivity index (χ2v) is 4.45. The number of rotatable bonds is 4. The first-order valence-electron chi connectivity index (χ1n) is 4.29. The highest BCUT2D eigenvalue weighted by atomic mass is 32.2. The summed E-state index contributed by atoms with van der Waals surface area (Å²) in [6.45, 7) is 4.17. The van der Waals surface area contributed by atoms with Crippen LogP contribution >= 0.6 is 11.8 Å². The molecule has 0 aliphatic carbocycles. The van der Waals surface area contributed by atoms with Crippen molar-refractivity contribution in [2.45, 2.75) is 24.3 Å². The molecule has 1 aromatic rings. The number of ether oxygens (including phenoxy) is 2. The van der Waals surface area contributed by atoms with Gasteiger partial charge in [0.05, 0.1) is 20.3 Å². The third kappa shape index (κ3) is 3.06. The van der Waals surface area contributed by atoms with Gasteiger partial charge in [-0.25, -0.2) is 0 Å². The van der Waals surface area contributed by atoms with Crippen molar-refractivity contribution < 1.29 is 9.47 Å². The number of hydrogen-bond acceptors (Lipinski definition) is 5. The predicted octanol–water partition coefficient (Wildman–Crippen LogP) is 1.99. The Morgan fingerprint density at radius 1 is 1.14 bits per heavy atom. The molecule has 5 heteroatoms. The summed E-state index contributed by atoms with van der Waals surface area (Å²) >= 11 is 1.58. The predicted molar refractivity (Wildman–Crippen MR) is 56.1 cm³/mol. The van der Waals surface area contributed by atoms with Crippen molar-refractivity contribution in [1.29, 1.82) is 0 Å². The molecule has 14 heavy (non-hydrogen) atoms. The van der Waals surface area contributed by atoms with E-state index in [1.807, 2.05) is 0 Å². The summed E-state index contributed by atoms with van der Waals surface area (Å²) in [6, 6.07) is 1.66. The zero-order valence-corrected chi connectivity index (χ0v) is 9.59. The van der Waals surface area contributed by atoms with Crippen molar-refractivity contribution in [3.8, 4) is 11.8 Å². The van der Waals surface area contributed by atoms with Gasteiger partial charge in [0, 0.05) is 5.25 Å². The van der Waals surface area contributed by atoms with Gasteiger partial charge in [-0.05, 0) is 0 Å². The molecule has 0 radical (unpaired) electrons. The van der Waals surface area contributed by atoms with Gasteiger partial charge in [-0.3, -0.25) is 0 Å². The number of thioether (sulfide) groups is 1. The summed E-state index contributed by atoms with van der Waals surface area (Å²) in [4.78, 5) is 8.38. The third-order valence-corrected chi connectivity index (χ3v) is 2.28. The first-order valence-corrected chi connectivity index (χ1v) is 5.17. The van der Waals surface area contributed by atoms with Crippen LogP contribution in [0.15, 0.2) is 11.2 Å². The van der Waals surface area contributed by atoms with Crippen LogP contribution in [0.3, 0.4) is 0 Å². The van der Waals surface area contributed by atoms with E-state index in [1.165, 1.54) is 0 Å². The van der Waals surface area contributed by atoms with E-state index in [1.54, 1.807) is 32.0 Å². The van der Waals surface area contributed by atoms with Gasteiger partial charge >= 0.3 is 0 Å². The Bertz CT molecular complexity index is 283. The molecule has 0 unspecified atom stereocenters. The molecular formula is C9H14N2O2S. The molecule has 1 rings (SSSR count). The molecule has 0 atom stereocenters. The maximum Gasteiger partial charge on any atom is 0.220 e. The first-order chi connectivity index (χ1) is 6.65. The van der Waals surface area contributed by atoms with Crippen LogP contribution < -0.4 is 9.47 Å². The summed E-state index contributed by atoms with van der Waals surface area (Å²) in [5.41, 5.74) is 0. The number of aromatic nitrogens is 2. The van der Waals surface area contributed by atoms with Crippen LogP contribution in [0.4, 0.5) is 0 Å². The van der Waals surface area contributed by atoms with E-state index < -0.39 is 0 Å². The Morgan fingerprint density at radius 3 is 2.00 bits per heavy atom. The lowest BCUT2D eigenvalue weighted by Gasteiger charge is -2.07. The van der Waals surface area contributed by atoms with E-state index in [-0.39, 0.29) is 0 Å². The van der Waals surface area contributed by atoms with E-state index >= 15 is 0 Å². The van der Waals surface area contributed by atoms with Crippen LogP contribution in [0.25, 0.3) is 0 Å². The molecule has 0 saturated carbocycles. The van der Waals surface area contributed by atoms with Crippen molar-refractivity contribution in [2.75, 3.05) is 14.2 Å². The lowest BCUT2D eigenvalue weighted by atomic mass is 10.6. The van der Waals surface area contributed by atoms with Gasteiger partial charge < -0.3 is 9.47 Å². The Morgan fingerprint density at radius 2 is 1.64 bits per heavy atom. The summed E-state index contributed by atoms with van der Waals surface area (Å²) in [7, 11) is 3.15. The smallest absolute Gasteiger partial charge is 0.220 e. The van der Waals surface area contributed by atoms with Gasteiger partial charge in [0.1, 0.15) is 0 Å². The molecule has 0 aliphatic rings. The van der Waals surface area contributed by atoms with Crippen LogP contribution in [0.5, 0.6) is 11.8 Å². The lowest BCUT2D eigenvalue weighted by molar-refractivity contribution is 0.364. The Labute approximate surface area is 88.0 Å². The fourth-order valence-electron chi connectivity index (χ4n) is 0.856. The van der Waals surface area contributed by atoms with Crippen molar-refractivity contribution in [1.82, 2.24) is 9.97 Å². The molecule has 0 amide bonds. The molecule has 0 fully saturated rings. The van der Waals surface area contributed by atoms with Crippen molar-refractivity contribution in [3.05, 3.63) is 6.07 Å². The summed E-state index contributed by atoms with van der Waals surface area (Å²) in [5.74, 6) is 1.06. The van der Waals surface area contributed by atoms with E-state index in [0.29, 0.717) is 22.2 Å². The third-order valence-electron chi connectivity index (χ3n) is 1.42. The topological polar surface area (TPSA) is 44.2 Å². The normalized spacial score (nSPS) is 10.4. The molecule has 0 aromatic carbocycles. The summed E-state index contributed by atoms with van der Waals surface area (Å²) in [6.07, 6.45) is 0. The zero-order valence-electron chi connectivity index (χ0n) is 8.77. The van der Waals surface area contributed by atoms with E-state index in [2.05, 4.69) is 23.8 Å². The monoisotopic (exact) mass is 214 g/mol. The van der Waals surface area contributed by atoms with Gasteiger partial charge in [-0.15, -0.1) is 0 Å². The highest BCUT2D eigenvalue weighted by molar-refractivity contribution is 7.99. The van der Waals surface area contributed by atoms with Gasteiger partial charge in [0.25, 0.3) is 0 Å². The fourth-order valence-corrected chi connectivity index (χ4v) is 1.56. The van der Waals surface area contributed by atoms with E-state index in [0.717, 1.165) is 0 Å². The van der Waals surface area contributed by atoms with Crippen LogP contribution in [0.1, 0.15) is 13.8 Å². The minimum Gasteiger partial charge on any atom is -0.481 e. The van der Waals surface area contributed by atoms with Crippen molar-refractivity contribution >= 4 is 11.8 Å². The minimum atomic E-state index is 0.437. The van der Waals surface area contributed by atoms with Crippen LogP contribution in [-0.4, -0.2) is 29.4 Å². The van der Waals surface area contributed by atoms with Gasteiger partial charge in [-0.2, -0.15) is 9.97 Å². The lowest BCUT2D eigenvalue weighted by Crippen LogP contribution is -1.98. The highest BCUT2D eigenvalue weighted by Gasteiger charge is 2.07. The van der Waals surface area contributed by atoms with Crippen molar-refractivity contribution in [3.63, 3.8) is 0 Å². The molecule has 4 nitrogen and oxygen atoms in total. The quantitative estimate of drug-likeness (QED) is 0.566. The van der Waals surface area contributed by atoms with Crippen molar-refractivity contribution in [2.24, 2.45) is 0 Å². The van der Waals surface area contributed by atoms with E-state index in [9.17, 15) is 0 Å². The summed E-state index contributed by atoms with van der Waals surface area (Å²) < 4.78 is 10.1. The molecule has 0 aliphatic heterocycles. The Kier molecular flexibility index (Phi) is 4.00. The standard InChI is InChI=1S/C9H14N2O2S/c1-6(2)14-9-10-7(12-3)5-8(11-9)13-4/h5-6H,1-4H3. The average Bonchev–Trinajstić information content (AvgIpc) is 2.16. The van der Waals surface area contributed by atoms with Gasteiger partial charge in [0.2, 0.25) is 11.8 Å². The van der Waals surface area contributed by atoms with Crippen LogP contribution in [-0.2, 0) is 0 Å². The second-order valence-electron chi connectivity index (χ2n) is 2.90. The number of methoxy groups -OCH3 is 2. The largest absolute Gasteiger partial charge is 0.481 e. The fraction of sp³-hybridized carbons (Fsp3) is 0.556.